The fourth-order valence-electron chi connectivity index (χ4n) is 3.57. The summed E-state index contributed by atoms with van der Waals surface area (Å²) in [5.74, 6) is -0.161. The second-order valence-electron chi connectivity index (χ2n) is 7.52. The minimum absolute atomic E-state index is 0.175. The van der Waals surface area contributed by atoms with Crippen LogP contribution in [0.4, 0.5) is 21.0 Å². The van der Waals surface area contributed by atoms with Gasteiger partial charge in [0.2, 0.25) is 11.8 Å². The van der Waals surface area contributed by atoms with Crippen LogP contribution in [0.2, 0.25) is 0 Å². The van der Waals surface area contributed by atoms with E-state index in [9.17, 15) is 19.5 Å². The molecule has 0 saturated carbocycles. The number of benzene rings is 1. The predicted molar refractivity (Wildman–Crippen MR) is 118 cm³/mol. The standard InChI is InChI=1S/C22H26N4O6/c1-12-5-4-6-16(26-21(28)29)18-9-13(10-19(24-18)31-2)15-8-7-14(23-22(30)32-3)11-17(15)25-20(12)27/h7-12,16,26H,4-6H2,1-3H3,(H,23,30)(H,25,27)(H,28,29)/t12-,16-/m0/s1. The van der Waals surface area contributed by atoms with Gasteiger partial charge in [0.15, 0.2) is 0 Å². The maximum atomic E-state index is 12.8. The van der Waals surface area contributed by atoms with E-state index in [0.717, 1.165) is 0 Å². The highest BCUT2D eigenvalue weighted by Gasteiger charge is 2.23. The van der Waals surface area contributed by atoms with Gasteiger partial charge in [-0.1, -0.05) is 19.4 Å². The third-order valence-corrected chi connectivity index (χ3v) is 5.28. The van der Waals surface area contributed by atoms with Gasteiger partial charge in [-0.25, -0.2) is 14.6 Å². The Hall–Kier alpha value is -3.82. The van der Waals surface area contributed by atoms with E-state index < -0.39 is 18.2 Å². The summed E-state index contributed by atoms with van der Waals surface area (Å²) in [7, 11) is 2.74. The molecule has 2 bridgehead atoms. The van der Waals surface area contributed by atoms with Crippen LogP contribution >= 0.6 is 0 Å². The molecule has 10 heteroatoms. The van der Waals surface area contributed by atoms with Gasteiger partial charge in [-0.3, -0.25) is 10.1 Å². The van der Waals surface area contributed by atoms with E-state index in [-0.39, 0.29) is 11.8 Å². The van der Waals surface area contributed by atoms with Crippen LogP contribution in [-0.4, -0.2) is 42.4 Å². The van der Waals surface area contributed by atoms with E-state index in [2.05, 4.69) is 25.7 Å². The second kappa shape index (κ2) is 9.99. The Labute approximate surface area is 185 Å². The third kappa shape index (κ3) is 5.45. The Morgan fingerprint density at radius 3 is 2.66 bits per heavy atom. The number of carbonyl (C=O) groups is 3. The lowest BCUT2D eigenvalue weighted by atomic mass is 9.95. The highest BCUT2D eigenvalue weighted by atomic mass is 16.5. The molecule has 1 aromatic heterocycles. The predicted octanol–water partition coefficient (Wildman–Crippen LogP) is 4.00. The Morgan fingerprint density at radius 2 is 1.97 bits per heavy atom. The number of amides is 3. The average Bonchev–Trinajstić information content (AvgIpc) is 2.77. The average molecular weight is 442 g/mol. The van der Waals surface area contributed by atoms with Crippen LogP contribution < -0.4 is 20.7 Å². The highest BCUT2D eigenvalue weighted by molar-refractivity contribution is 5.98. The van der Waals surface area contributed by atoms with Crippen LogP contribution in [0.5, 0.6) is 5.88 Å². The number of carboxylic acid groups (broad SMARTS) is 1. The molecule has 1 aliphatic rings. The van der Waals surface area contributed by atoms with Gasteiger partial charge in [0, 0.05) is 23.2 Å². The minimum atomic E-state index is -1.15. The summed E-state index contributed by atoms with van der Waals surface area (Å²) in [6, 6.07) is 7.98. The largest absolute Gasteiger partial charge is 0.481 e. The molecule has 4 N–H and O–H groups in total. The number of rotatable bonds is 3. The van der Waals surface area contributed by atoms with Gasteiger partial charge in [-0.2, -0.15) is 0 Å². The van der Waals surface area contributed by atoms with Crippen molar-refractivity contribution in [1.82, 2.24) is 10.3 Å². The van der Waals surface area contributed by atoms with Crippen molar-refractivity contribution in [1.29, 1.82) is 0 Å². The number of aromatic nitrogens is 1. The number of hydrogen-bond donors (Lipinski definition) is 4. The van der Waals surface area contributed by atoms with Crippen molar-refractivity contribution >= 4 is 29.5 Å². The molecule has 1 aromatic carbocycles. The minimum Gasteiger partial charge on any atom is -0.481 e. The zero-order valence-corrected chi connectivity index (χ0v) is 18.1. The number of anilines is 2. The molecule has 10 nitrogen and oxygen atoms in total. The molecule has 0 spiro atoms. The first-order valence-corrected chi connectivity index (χ1v) is 10.2. The molecule has 0 unspecified atom stereocenters. The second-order valence-corrected chi connectivity index (χ2v) is 7.52. The van der Waals surface area contributed by atoms with E-state index in [1.807, 2.05) is 6.92 Å². The quantitative estimate of drug-likeness (QED) is 0.563. The number of ether oxygens (including phenoxy) is 2. The van der Waals surface area contributed by atoms with E-state index >= 15 is 0 Å². The Bertz CT molecular complexity index is 1030. The van der Waals surface area contributed by atoms with Gasteiger partial charge in [0.25, 0.3) is 0 Å². The number of fused-ring (bicyclic) bond motifs is 4. The molecule has 2 aromatic rings. The van der Waals surface area contributed by atoms with Gasteiger partial charge >= 0.3 is 12.2 Å². The molecular formula is C22H26N4O6. The molecule has 3 amide bonds. The number of hydrogen-bond acceptors (Lipinski definition) is 6. The molecule has 0 aliphatic carbocycles. The van der Waals surface area contributed by atoms with E-state index in [1.165, 1.54) is 14.2 Å². The third-order valence-electron chi connectivity index (χ3n) is 5.28. The van der Waals surface area contributed by atoms with Crippen LogP contribution in [0.3, 0.4) is 0 Å². The smallest absolute Gasteiger partial charge is 0.411 e. The van der Waals surface area contributed by atoms with Gasteiger partial charge in [0.1, 0.15) is 0 Å². The fourth-order valence-corrected chi connectivity index (χ4v) is 3.57. The molecule has 2 atom stereocenters. The molecule has 3 rings (SSSR count). The zero-order valence-electron chi connectivity index (χ0n) is 18.1. The van der Waals surface area contributed by atoms with E-state index in [0.29, 0.717) is 53.3 Å². The number of nitrogens with one attached hydrogen (secondary N) is 3. The molecule has 32 heavy (non-hydrogen) atoms. The van der Waals surface area contributed by atoms with Crippen molar-refractivity contribution in [2.45, 2.75) is 32.2 Å². The SMILES string of the molecule is COC(=O)Nc1ccc2c(c1)NC(=O)[C@@H](C)CCC[C@H](NC(=O)O)c1cc-2cc(OC)n1. The van der Waals surface area contributed by atoms with Crippen molar-refractivity contribution in [2.75, 3.05) is 24.9 Å². The summed E-state index contributed by atoms with van der Waals surface area (Å²) in [5, 5.41) is 17.4. The molecule has 1 aliphatic heterocycles. The first kappa shape index (κ1) is 22.9. The Kier molecular flexibility index (Phi) is 7.14. The molecule has 0 radical (unpaired) electrons. The maximum Gasteiger partial charge on any atom is 0.411 e. The number of pyridine rings is 1. The van der Waals surface area contributed by atoms with Gasteiger partial charge in [0.05, 0.1) is 31.6 Å². The normalized spacial score (nSPS) is 18.2. The molecule has 0 saturated heterocycles. The van der Waals surface area contributed by atoms with Crippen molar-refractivity contribution in [3.05, 3.63) is 36.0 Å². The van der Waals surface area contributed by atoms with Crippen LogP contribution in [0, 0.1) is 5.92 Å². The van der Waals surface area contributed by atoms with Crippen LogP contribution in [0.1, 0.15) is 37.9 Å². The summed E-state index contributed by atoms with van der Waals surface area (Å²) in [4.78, 5) is 40.3. The lowest BCUT2D eigenvalue weighted by Gasteiger charge is -2.22. The first-order chi connectivity index (χ1) is 15.3. The van der Waals surface area contributed by atoms with Crippen LogP contribution in [0.15, 0.2) is 30.3 Å². The summed E-state index contributed by atoms with van der Waals surface area (Å²) >= 11 is 0. The number of carbonyl (C=O) groups excluding carboxylic acids is 2. The van der Waals surface area contributed by atoms with Crippen molar-refractivity contribution in [3.8, 4) is 17.0 Å². The number of nitrogens with zero attached hydrogens (tertiary/aromatic N) is 1. The Morgan fingerprint density at radius 1 is 1.19 bits per heavy atom. The van der Waals surface area contributed by atoms with Gasteiger partial charge in [-0.05, 0) is 36.6 Å². The lowest BCUT2D eigenvalue weighted by molar-refractivity contribution is -0.119. The highest BCUT2D eigenvalue weighted by Crippen LogP contribution is 2.35. The van der Waals surface area contributed by atoms with E-state index in [4.69, 9.17) is 4.74 Å². The summed E-state index contributed by atoms with van der Waals surface area (Å²) < 4.78 is 9.99. The summed E-state index contributed by atoms with van der Waals surface area (Å²) in [6.45, 7) is 1.82. The lowest BCUT2D eigenvalue weighted by Crippen LogP contribution is -2.28. The van der Waals surface area contributed by atoms with Crippen molar-refractivity contribution < 1.29 is 29.0 Å². The van der Waals surface area contributed by atoms with E-state index in [1.54, 1.807) is 30.3 Å². The zero-order chi connectivity index (χ0) is 23.3. The van der Waals surface area contributed by atoms with Crippen molar-refractivity contribution in [2.24, 2.45) is 5.92 Å². The first-order valence-electron chi connectivity index (χ1n) is 10.2. The molecule has 0 fully saturated rings. The molecular weight excluding hydrogens is 416 g/mol. The fraction of sp³-hybridized carbons (Fsp3) is 0.364. The monoisotopic (exact) mass is 442 g/mol. The summed E-state index contributed by atoms with van der Waals surface area (Å²) in [5.41, 5.74) is 2.79. The topological polar surface area (TPSA) is 139 Å². The Balaban J connectivity index is 2.16. The number of methoxy groups -OCH3 is 2. The van der Waals surface area contributed by atoms with Crippen molar-refractivity contribution in [3.63, 3.8) is 0 Å². The maximum absolute atomic E-state index is 12.8. The molecule has 170 valence electrons. The van der Waals surface area contributed by atoms with Crippen LogP contribution in [-0.2, 0) is 9.53 Å². The van der Waals surface area contributed by atoms with Gasteiger partial charge in [-0.15, -0.1) is 0 Å². The summed E-state index contributed by atoms with van der Waals surface area (Å²) in [6.07, 6.45) is -0.120. The van der Waals surface area contributed by atoms with Gasteiger partial charge < -0.3 is 25.2 Å². The molecule has 2 heterocycles. The van der Waals surface area contributed by atoms with Crippen LogP contribution in [0.25, 0.3) is 11.1 Å².